The second-order valence-electron chi connectivity index (χ2n) is 11.1. The van der Waals surface area contributed by atoms with E-state index in [1.807, 2.05) is 21.1 Å². The first-order valence-electron chi connectivity index (χ1n) is 13.8. The molecule has 0 saturated heterocycles. The molecule has 0 saturated carbocycles. The number of allylic oxidation sites excluding steroid dienone is 2. The lowest BCUT2D eigenvalue weighted by Crippen LogP contribution is -2.49. The van der Waals surface area contributed by atoms with E-state index < -0.39 is 12.9 Å². The molecule has 198 valence electrons. The third-order valence-corrected chi connectivity index (χ3v) is 7.81. The van der Waals surface area contributed by atoms with Gasteiger partial charge in [-0.3, -0.25) is 4.57 Å². The highest BCUT2D eigenvalue weighted by molar-refractivity contribution is 7.53. The molecule has 33 heavy (non-hydrogen) atoms. The predicted molar refractivity (Wildman–Crippen MR) is 142 cm³/mol. The van der Waals surface area contributed by atoms with E-state index in [1.54, 1.807) is 0 Å². The quantitative estimate of drug-likeness (QED) is 0.0598. The van der Waals surface area contributed by atoms with Gasteiger partial charge >= 0.3 is 7.60 Å². The Labute approximate surface area is 205 Å². The lowest BCUT2D eigenvalue weighted by Gasteiger charge is -2.35. The maximum absolute atomic E-state index is 11.8. The van der Waals surface area contributed by atoms with Crippen LogP contribution in [-0.2, 0) is 4.57 Å². The number of likely N-dealkylation sites (N-methyl/N-ethyl adjacent to an activating group) is 1. The van der Waals surface area contributed by atoms with Gasteiger partial charge in [-0.1, -0.05) is 103 Å². The molecule has 0 bridgehead atoms. The zero-order valence-electron chi connectivity index (χ0n) is 22.4. The molecule has 0 aliphatic rings. The van der Waals surface area contributed by atoms with Crippen LogP contribution in [0.1, 0.15) is 129 Å². The van der Waals surface area contributed by atoms with Crippen LogP contribution in [0, 0.1) is 0 Å². The van der Waals surface area contributed by atoms with Crippen LogP contribution >= 0.6 is 7.60 Å². The Morgan fingerprint density at radius 1 is 0.667 bits per heavy atom. The summed E-state index contributed by atoms with van der Waals surface area (Å²) in [5.74, 6) is 0. The van der Waals surface area contributed by atoms with Crippen LogP contribution < -0.4 is 0 Å². The highest BCUT2D eigenvalue weighted by Gasteiger charge is 2.48. The van der Waals surface area contributed by atoms with Crippen molar-refractivity contribution >= 4 is 7.60 Å². The van der Waals surface area contributed by atoms with Crippen molar-refractivity contribution in [2.75, 3.05) is 27.7 Å². The normalized spacial score (nSPS) is 14.8. The van der Waals surface area contributed by atoms with Gasteiger partial charge in [-0.15, -0.1) is 0 Å². The minimum Gasteiger partial charge on any atom is -0.373 e. The van der Waals surface area contributed by atoms with Crippen molar-refractivity contribution in [3.05, 3.63) is 12.2 Å². The van der Waals surface area contributed by atoms with Crippen LogP contribution in [0.25, 0.3) is 0 Å². The molecule has 6 heteroatoms. The Morgan fingerprint density at radius 2 is 1.03 bits per heavy atom. The molecule has 1 unspecified atom stereocenters. The Morgan fingerprint density at radius 3 is 1.39 bits per heavy atom. The van der Waals surface area contributed by atoms with Crippen LogP contribution in [0.15, 0.2) is 12.2 Å². The van der Waals surface area contributed by atoms with Crippen molar-refractivity contribution in [1.82, 2.24) is 0 Å². The van der Waals surface area contributed by atoms with Crippen molar-refractivity contribution in [2.45, 2.75) is 134 Å². The standard InChI is InChI=1S/C27H56NO4P/c1-5-6-7-8-9-10-11-12-13-14-15-16-17-18-19-20-21-22-23-24-25-27(29,33(30,31)32)26-28(2,3)4/h19-20,29H,5-18,21-26H2,1-4H3,(H-,30,31,32)/p+1/b20-19-. The smallest absolute Gasteiger partial charge is 0.362 e. The fraction of sp³-hybridized carbons (Fsp3) is 0.926. The average molecular weight is 491 g/mol. The summed E-state index contributed by atoms with van der Waals surface area (Å²) in [6.07, 6.45) is 27.3. The molecule has 0 rings (SSSR count). The number of nitrogens with zero attached hydrogens (tertiary/aromatic N) is 1. The maximum Gasteiger partial charge on any atom is 0.362 e. The summed E-state index contributed by atoms with van der Waals surface area (Å²) in [5.41, 5.74) is 0. The highest BCUT2D eigenvalue weighted by atomic mass is 31.2. The Hall–Kier alpha value is -0.190. The van der Waals surface area contributed by atoms with E-state index in [0.29, 0.717) is 10.9 Å². The zero-order valence-corrected chi connectivity index (χ0v) is 23.3. The highest BCUT2D eigenvalue weighted by Crippen LogP contribution is 2.52. The largest absolute Gasteiger partial charge is 0.373 e. The van der Waals surface area contributed by atoms with E-state index in [0.717, 1.165) is 25.7 Å². The summed E-state index contributed by atoms with van der Waals surface area (Å²) in [4.78, 5) is 19.2. The number of quaternary nitrogens is 1. The van der Waals surface area contributed by atoms with Gasteiger partial charge < -0.3 is 19.4 Å². The van der Waals surface area contributed by atoms with Gasteiger partial charge in [0.2, 0.25) is 5.34 Å². The molecule has 0 radical (unpaired) electrons. The molecule has 0 fully saturated rings. The Kier molecular flexibility index (Phi) is 18.9. The predicted octanol–water partition coefficient (Wildman–Crippen LogP) is 7.55. The molecule has 3 N–H and O–H groups in total. The molecular formula is C27H57NO4P+. The molecule has 5 nitrogen and oxygen atoms in total. The van der Waals surface area contributed by atoms with E-state index >= 15 is 0 Å². The third-order valence-electron chi connectivity index (χ3n) is 6.36. The first kappa shape index (κ1) is 32.8. The SMILES string of the molecule is CCCCCCCCCCCCCCC/C=C\CCCCCC(O)(C[N+](C)(C)C)P(=O)(O)O. The summed E-state index contributed by atoms with van der Waals surface area (Å²) in [5, 5.41) is 8.62. The van der Waals surface area contributed by atoms with Crippen LogP contribution in [0.5, 0.6) is 0 Å². The Balaban J connectivity index is 3.59. The number of unbranched alkanes of at least 4 members (excludes halogenated alkanes) is 16. The summed E-state index contributed by atoms with van der Waals surface area (Å²) >= 11 is 0. The molecule has 1 atom stereocenters. The zero-order chi connectivity index (χ0) is 25.1. The molecule has 0 spiro atoms. The first-order chi connectivity index (χ1) is 15.5. The van der Waals surface area contributed by atoms with Crippen LogP contribution in [0.2, 0.25) is 0 Å². The number of hydrogen-bond donors (Lipinski definition) is 3. The van der Waals surface area contributed by atoms with Crippen LogP contribution in [0.4, 0.5) is 0 Å². The monoisotopic (exact) mass is 490 g/mol. The van der Waals surface area contributed by atoms with Crippen LogP contribution in [0.3, 0.4) is 0 Å². The maximum atomic E-state index is 11.8. The summed E-state index contributed by atoms with van der Waals surface area (Å²) in [6.45, 7) is 2.33. The fourth-order valence-electron chi connectivity index (χ4n) is 4.44. The lowest BCUT2D eigenvalue weighted by molar-refractivity contribution is -0.875. The van der Waals surface area contributed by atoms with E-state index in [4.69, 9.17) is 0 Å². The third kappa shape index (κ3) is 19.8. The second-order valence-corrected chi connectivity index (χ2v) is 13.0. The number of hydrogen-bond acceptors (Lipinski definition) is 2. The van der Waals surface area contributed by atoms with Gasteiger partial charge in [-0.2, -0.15) is 0 Å². The molecule has 0 aliphatic heterocycles. The van der Waals surface area contributed by atoms with Gasteiger partial charge in [0, 0.05) is 0 Å². The second kappa shape index (κ2) is 19.1. The van der Waals surface area contributed by atoms with Gasteiger partial charge in [0.15, 0.2) is 0 Å². The summed E-state index contributed by atoms with van der Waals surface area (Å²) in [6, 6.07) is 0. The van der Waals surface area contributed by atoms with Gasteiger partial charge in [-0.25, -0.2) is 0 Å². The topological polar surface area (TPSA) is 77.8 Å². The van der Waals surface area contributed by atoms with E-state index in [9.17, 15) is 19.5 Å². The first-order valence-corrected chi connectivity index (χ1v) is 15.4. The minimum atomic E-state index is -4.55. The van der Waals surface area contributed by atoms with Crippen molar-refractivity contribution < 1.29 is 23.9 Å². The molecule has 0 aliphatic carbocycles. The van der Waals surface area contributed by atoms with E-state index in [-0.39, 0.29) is 13.0 Å². The number of aliphatic hydroxyl groups is 1. The molecule has 0 aromatic rings. The molecule has 0 amide bonds. The van der Waals surface area contributed by atoms with E-state index in [1.165, 1.54) is 83.5 Å². The fourth-order valence-corrected chi connectivity index (χ4v) is 5.50. The Bertz CT molecular complexity index is 527. The van der Waals surface area contributed by atoms with Crippen molar-refractivity contribution in [2.24, 2.45) is 0 Å². The van der Waals surface area contributed by atoms with Crippen molar-refractivity contribution in [3.63, 3.8) is 0 Å². The number of rotatable bonds is 23. The van der Waals surface area contributed by atoms with Crippen molar-refractivity contribution in [3.8, 4) is 0 Å². The average Bonchev–Trinajstić information content (AvgIpc) is 2.70. The molecule has 0 heterocycles. The summed E-state index contributed by atoms with van der Waals surface area (Å²) < 4.78 is 12.1. The molecular weight excluding hydrogens is 433 g/mol. The van der Waals surface area contributed by atoms with Gasteiger partial charge in [0.25, 0.3) is 0 Å². The molecule has 0 aromatic carbocycles. The van der Waals surface area contributed by atoms with Gasteiger partial charge in [0.1, 0.15) is 6.54 Å². The lowest BCUT2D eigenvalue weighted by atomic mass is 10.0. The van der Waals surface area contributed by atoms with E-state index in [2.05, 4.69) is 19.1 Å². The van der Waals surface area contributed by atoms with Gasteiger partial charge in [-0.05, 0) is 38.5 Å². The summed E-state index contributed by atoms with van der Waals surface area (Å²) in [7, 11) is 0.955. The minimum absolute atomic E-state index is 0.0519. The van der Waals surface area contributed by atoms with Gasteiger partial charge in [0.05, 0.1) is 21.1 Å². The molecule has 0 aromatic heterocycles. The van der Waals surface area contributed by atoms with Crippen LogP contribution in [-0.4, -0.2) is 52.4 Å². The van der Waals surface area contributed by atoms with Crippen molar-refractivity contribution in [1.29, 1.82) is 0 Å².